The summed E-state index contributed by atoms with van der Waals surface area (Å²) in [5, 5.41) is 3.33. The minimum Gasteiger partial charge on any atom is -0.494 e. The van der Waals surface area contributed by atoms with Crippen molar-refractivity contribution < 1.29 is 9.13 Å². The molecule has 2 aromatic rings. The summed E-state index contributed by atoms with van der Waals surface area (Å²) in [6.07, 6.45) is 0. The number of nitrogens with one attached hydrogen (secondary N) is 1. The average Bonchev–Trinajstić information content (AvgIpc) is 2.46. The predicted octanol–water partition coefficient (Wildman–Crippen LogP) is 5.06. The third kappa shape index (κ3) is 3.65. The van der Waals surface area contributed by atoms with Gasteiger partial charge in [0, 0.05) is 14.5 Å². The van der Waals surface area contributed by atoms with E-state index in [1.807, 2.05) is 25.1 Å². The van der Waals surface area contributed by atoms with E-state index in [4.69, 9.17) is 4.74 Å². The first kappa shape index (κ1) is 16.5. The summed E-state index contributed by atoms with van der Waals surface area (Å²) in [4.78, 5) is 0. The van der Waals surface area contributed by atoms with Gasteiger partial charge in [-0.1, -0.05) is 57.0 Å². The molecule has 0 aromatic heterocycles. The lowest BCUT2D eigenvalue weighted by atomic mass is 9.98. The number of rotatable bonds is 5. The van der Waals surface area contributed by atoms with Gasteiger partial charge in [0.05, 0.1) is 13.2 Å². The molecule has 0 fully saturated rings. The third-order valence-electron chi connectivity index (χ3n) is 3.21. The lowest BCUT2D eigenvalue weighted by Gasteiger charge is -2.21. The Hall–Kier alpha value is -0.910. The van der Waals surface area contributed by atoms with Gasteiger partial charge in [0.15, 0.2) is 11.6 Å². The normalized spacial score (nSPS) is 12.2. The Morgan fingerprint density at radius 2 is 1.95 bits per heavy atom. The molecule has 2 rings (SSSR count). The third-order valence-corrected chi connectivity index (χ3v) is 4.39. The Morgan fingerprint density at radius 3 is 2.57 bits per heavy atom. The summed E-state index contributed by atoms with van der Waals surface area (Å²) < 4.78 is 21.5. The van der Waals surface area contributed by atoms with Crippen LogP contribution in [0.25, 0.3) is 0 Å². The molecule has 0 aliphatic carbocycles. The number of benzene rings is 2. The summed E-state index contributed by atoms with van der Waals surface area (Å²) in [6, 6.07) is 10.8. The Bertz CT molecular complexity index is 634. The van der Waals surface area contributed by atoms with Crippen molar-refractivity contribution in [3.8, 4) is 5.75 Å². The van der Waals surface area contributed by atoms with E-state index >= 15 is 0 Å². The smallest absolute Gasteiger partial charge is 0.170 e. The molecular weight excluding hydrogens is 401 g/mol. The number of ether oxygens (including phenoxy) is 1. The second-order valence-corrected chi connectivity index (χ2v) is 6.29. The summed E-state index contributed by atoms with van der Waals surface area (Å²) in [7, 11) is 1.47. The molecule has 1 N–H and O–H groups in total. The second kappa shape index (κ2) is 7.38. The molecule has 1 atom stereocenters. The van der Waals surface area contributed by atoms with Crippen molar-refractivity contribution in [2.45, 2.75) is 13.0 Å². The lowest BCUT2D eigenvalue weighted by Crippen LogP contribution is -2.23. The number of methoxy groups -OCH3 is 1. The zero-order chi connectivity index (χ0) is 15.4. The first-order valence-electron chi connectivity index (χ1n) is 6.59. The van der Waals surface area contributed by atoms with Gasteiger partial charge >= 0.3 is 0 Å². The van der Waals surface area contributed by atoms with E-state index in [0.717, 1.165) is 21.1 Å². The molecule has 0 saturated heterocycles. The molecule has 0 spiro atoms. The summed E-state index contributed by atoms with van der Waals surface area (Å²) in [6.45, 7) is 2.72. The fraction of sp³-hybridized carbons (Fsp3) is 0.250. The molecule has 21 heavy (non-hydrogen) atoms. The van der Waals surface area contributed by atoms with E-state index in [2.05, 4.69) is 37.2 Å². The molecular formula is C16H16Br2FNO. The van der Waals surface area contributed by atoms with Gasteiger partial charge in [-0.15, -0.1) is 0 Å². The Labute approximate surface area is 141 Å². The zero-order valence-corrected chi connectivity index (χ0v) is 15.0. The predicted molar refractivity (Wildman–Crippen MR) is 90.3 cm³/mol. The van der Waals surface area contributed by atoms with Crippen molar-refractivity contribution in [1.82, 2.24) is 5.32 Å². The summed E-state index contributed by atoms with van der Waals surface area (Å²) in [5.74, 6) is -0.0793. The van der Waals surface area contributed by atoms with E-state index < -0.39 is 0 Å². The van der Waals surface area contributed by atoms with Crippen molar-refractivity contribution in [3.05, 3.63) is 62.3 Å². The number of halogens is 3. The molecule has 5 heteroatoms. The first-order valence-corrected chi connectivity index (χ1v) is 8.17. The quantitative estimate of drug-likeness (QED) is 0.735. The highest BCUT2D eigenvalue weighted by atomic mass is 79.9. The fourth-order valence-electron chi connectivity index (χ4n) is 2.24. The van der Waals surface area contributed by atoms with E-state index in [-0.39, 0.29) is 17.6 Å². The van der Waals surface area contributed by atoms with Gasteiger partial charge in [-0.05, 0) is 30.3 Å². The van der Waals surface area contributed by atoms with Crippen LogP contribution in [0, 0.1) is 5.82 Å². The van der Waals surface area contributed by atoms with Crippen LogP contribution in [-0.4, -0.2) is 13.7 Å². The number of hydrogen-bond donors (Lipinski definition) is 1. The van der Waals surface area contributed by atoms with Crippen LogP contribution in [-0.2, 0) is 0 Å². The molecule has 0 radical (unpaired) electrons. The van der Waals surface area contributed by atoms with E-state index in [0.29, 0.717) is 5.56 Å². The maximum Gasteiger partial charge on any atom is 0.170 e. The van der Waals surface area contributed by atoms with Gasteiger partial charge in [0.1, 0.15) is 0 Å². The highest BCUT2D eigenvalue weighted by Crippen LogP contribution is 2.34. The van der Waals surface area contributed by atoms with Gasteiger partial charge in [-0.25, -0.2) is 4.39 Å². The highest BCUT2D eigenvalue weighted by molar-refractivity contribution is 9.11. The van der Waals surface area contributed by atoms with E-state index in [1.165, 1.54) is 7.11 Å². The van der Waals surface area contributed by atoms with Crippen LogP contribution >= 0.6 is 31.9 Å². The van der Waals surface area contributed by atoms with Crippen molar-refractivity contribution in [2.24, 2.45) is 0 Å². The minimum absolute atomic E-state index is 0.243. The maximum absolute atomic E-state index is 14.6. The fourth-order valence-corrected chi connectivity index (χ4v) is 3.51. The average molecular weight is 417 g/mol. The molecule has 0 heterocycles. The van der Waals surface area contributed by atoms with E-state index in [1.54, 1.807) is 18.2 Å². The topological polar surface area (TPSA) is 21.3 Å². The zero-order valence-electron chi connectivity index (χ0n) is 11.8. The van der Waals surface area contributed by atoms with Gasteiger partial charge in [-0.3, -0.25) is 0 Å². The van der Waals surface area contributed by atoms with Crippen molar-refractivity contribution in [2.75, 3.05) is 13.7 Å². The van der Waals surface area contributed by atoms with Crippen LogP contribution in [0.1, 0.15) is 24.1 Å². The van der Waals surface area contributed by atoms with Crippen molar-refractivity contribution in [1.29, 1.82) is 0 Å². The second-order valence-electron chi connectivity index (χ2n) is 4.52. The molecule has 2 nitrogen and oxygen atoms in total. The van der Waals surface area contributed by atoms with Gasteiger partial charge in [0.2, 0.25) is 0 Å². The van der Waals surface area contributed by atoms with Gasteiger partial charge < -0.3 is 10.1 Å². The van der Waals surface area contributed by atoms with Crippen LogP contribution in [0.3, 0.4) is 0 Å². The number of hydrogen-bond acceptors (Lipinski definition) is 2. The highest BCUT2D eigenvalue weighted by Gasteiger charge is 2.21. The first-order chi connectivity index (χ1) is 10.1. The van der Waals surface area contributed by atoms with Crippen molar-refractivity contribution in [3.63, 3.8) is 0 Å². The molecule has 1 unspecified atom stereocenters. The molecule has 2 aromatic carbocycles. The SMILES string of the molecule is CCNC(c1ccc(Br)cc1Br)c1cccc(OC)c1F. The summed E-state index contributed by atoms with van der Waals surface area (Å²) >= 11 is 6.98. The monoisotopic (exact) mass is 415 g/mol. The Morgan fingerprint density at radius 1 is 1.19 bits per heavy atom. The standard InChI is InChI=1S/C16H16Br2FNO/c1-3-20-16(11-8-7-10(17)9-13(11)18)12-5-4-6-14(21-2)15(12)19/h4-9,16,20H,3H2,1-2H3. The van der Waals surface area contributed by atoms with Crippen LogP contribution in [0.4, 0.5) is 4.39 Å². The Balaban J connectivity index is 2.53. The van der Waals surface area contributed by atoms with Gasteiger partial charge in [-0.2, -0.15) is 0 Å². The molecule has 112 valence electrons. The van der Waals surface area contributed by atoms with Crippen molar-refractivity contribution >= 4 is 31.9 Å². The van der Waals surface area contributed by atoms with Crippen LogP contribution in [0.15, 0.2) is 45.3 Å². The lowest BCUT2D eigenvalue weighted by molar-refractivity contribution is 0.381. The largest absolute Gasteiger partial charge is 0.494 e. The summed E-state index contributed by atoms with van der Waals surface area (Å²) in [5.41, 5.74) is 1.55. The Kier molecular flexibility index (Phi) is 5.79. The minimum atomic E-state index is -0.333. The maximum atomic E-state index is 14.6. The van der Waals surface area contributed by atoms with Gasteiger partial charge in [0.25, 0.3) is 0 Å². The van der Waals surface area contributed by atoms with Crippen LogP contribution in [0.5, 0.6) is 5.75 Å². The molecule has 0 amide bonds. The molecule has 0 saturated carbocycles. The molecule has 0 aliphatic heterocycles. The van der Waals surface area contributed by atoms with Crippen LogP contribution < -0.4 is 10.1 Å². The van der Waals surface area contributed by atoms with Crippen LogP contribution in [0.2, 0.25) is 0 Å². The van der Waals surface area contributed by atoms with E-state index in [9.17, 15) is 4.39 Å². The molecule has 0 bridgehead atoms. The molecule has 0 aliphatic rings.